The fourth-order valence-corrected chi connectivity index (χ4v) is 5.24. The highest BCUT2D eigenvalue weighted by molar-refractivity contribution is 7.89. The van der Waals surface area contributed by atoms with Crippen LogP contribution in [-0.2, 0) is 32.5 Å². The summed E-state index contributed by atoms with van der Waals surface area (Å²) in [7, 11) is -3.66. The van der Waals surface area contributed by atoms with E-state index in [0.717, 1.165) is 23.2 Å². The van der Waals surface area contributed by atoms with Gasteiger partial charge in [0.05, 0.1) is 10.8 Å². The van der Waals surface area contributed by atoms with Crippen molar-refractivity contribution in [3.05, 3.63) is 90.0 Å². The van der Waals surface area contributed by atoms with Gasteiger partial charge in [-0.25, -0.2) is 13.1 Å². The highest BCUT2D eigenvalue weighted by Gasteiger charge is 2.35. The van der Waals surface area contributed by atoms with E-state index in [1.165, 1.54) is 12.1 Å². The van der Waals surface area contributed by atoms with Crippen LogP contribution in [0.4, 0.5) is 11.4 Å². The average Bonchev–Trinajstić information content (AvgIpc) is 3.26. The molecule has 35 heavy (non-hydrogen) atoms. The zero-order chi connectivity index (χ0) is 24.8. The van der Waals surface area contributed by atoms with Crippen LogP contribution in [0.1, 0.15) is 24.5 Å². The third-order valence-corrected chi connectivity index (χ3v) is 7.62. The van der Waals surface area contributed by atoms with Gasteiger partial charge in [0.25, 0.3) is 0 Å². The molecule has 7 nitrogen and oxygen atoms in total. The topological polar surface area (TPSA) is 95.6 Å². The Kier molecular flexibility index (Phi) is 7.63. The molecule has 1 fully saturated rings. The van der Waals surface area contributed by atoms with Crippen molar-refractivity contribution in [3.63, 3.8) is 0 Å². The van der Waals surface area contributed by atoms with Crippen molar-refractivity contribution in [2.45, 2.75) is 31.1 Å². The largest absolute Gasteiger partial charge is 0.326 e. The molecule has 0 aliphatic carbocycles. The molecule has 4 rings (SSSR count). The van der Waals surface area contributed by atoms with Crippen molar-refractivity contribution in [1.29, 1.82) is 0 Å². The number of hydrogen-bond acceptors (Lipinski definition) is 4. The van der Waals surface area contributed by atoms with E-state index in [2.05, 4.69) is 10.0 Å². The number of nitrogens with zero attached hydrogens (tertiary/aromatic N) is 1. The number of benzene rings is 3. The summed E-state index contributed by atoms with van der Waals surface area (Å²) >= 11 is 0. The number of hydrogen-bond donors (Lipinski definition) is 2. The van der Waals surface area contributed by atoms with Gasteiger partial charge in [-0.1, -0.05) is 55.5 Å². The van der Waals surface area contributed by atoms with Crippen LogP contribution in [0.25, 0.3) is 0 Å². The first-order chi connectivity index (χ1) is 16.9. The second kappa shape index (κ2) is 10.8. The van der Waals surface area contributed by atoms with Crippen molar-refractivity contribution in [3.8, 4) is 0 Å². The molecule has 3 aromatic rings. The van der Waals surface area contributed by atoms with E-state index >= 15 is 0 Å². The molecule has 182 valence electrons. The normalized spacial score (nSPS) is 15.9. The fourth-order valence-electron chi connectivity index (χ4n) is 4.21. The number of aryl methyl sites for hydroxylation is 1. The maximum Gasteiger partial charge on any atom is 0.240 e. The molecule has 8 heteroatoms. The maximum absolute atomic E-state index is 12.8. The third kappa shape index (κ3) is 5.96. The summed E-state index contributed by atoms with van der Waals surface area (Å²) in [5.74, 6) is -0.809. The Balaban J connectivity index is 1.34. The lowest BCUT2D eigenvalue weighted by molar-refractivity contribution is -0.122. The summed E-state index contributed by atoms with van der Waals surface area (Å²) in [5, 5.41) is 2.82. The molecule has 2 N–H and O–H groups in total. The number of amides is 2. The Morgan fingerprint density at radius 2 is 1.66 bits per heavy atom. The average molecular weight is 492 g/mol. The van der Waals surface area contributed by atoms with Crippen molar-refractivity contribution < 1.29 is 18.0 Å². The molecule has 1 heterocycles. The molecule has 1 saturated heterocycles. The van der Waals surface area contributed by atoms with Crippen molar-refractivity contribution in [2.24, 2.45) is 5.92 Å². The van der Waals surface area contributed by atoms with E-state index in [1.54, 1.807) is 17.0 Å². The Morgan fingerprint density at radius 3 is 2.37 bits per heavy atom. The van der Waals surface area contributed by atoms with E-state index < -0.39 is 15.9 Å². The smallest absolute Gasteiger partial charge is 0.240 e. The first-order valence-corrected chi connectivity index (χ1v) is 13.2. The summed E-state index contributed by atoms with van der Waals surface area (Å²) in [4.78, 5) is 27.3. The number of carbonyl (C=O) groups excluding carboxylic acids is 2. The number of para-hydroxylation sites is 1. The van der Waals surface area contributed by atoms with Gasteiger partial charge in [0, 0.05) is 30.9 Å². The third-order valence-electron chi connectivity index (χ3n) is 6.14. The molecule has 1 aliphatic heterocycles. The number of rotatable bonds is 9. The molecule has 0 saturated carbocycles. The first kappa shape index (κ1) is 24.6. The maximum atomic E-state index is 12.8. The van der Waals surface area contributed by atoms with Gasteiger partial charge in [-0.05, 0) is 54.3 Å². The summed E-state index contributed by atoms with van der Waals surface area (Å²) in [5.41, 5.74) is 3.45. The Bertz CT molecular complexity index is 1290. The lowest BCUT2D eigenvalue weighted by Crippen LogP contribution is -2.28. The van der Waals surface area contributed by atoms with Gasteiger partial charge in [-0.3, -0.25) is 9.59 Å². The number of carbonyl (C=O) groups is 2. The van der Waals surface area contributed by atoms with Crippen LogP contribution in [0.3, 0.4) is 0 Å². The van der Waals surface area contributed by atoms with E-state index in [1.807, 2.05) is 61.5 Å². The molecule has 0 spiro atoms. The Labute approximate surface area is 206 Å². The Morgan fingerprint density at radius 1 is 0.971 bits per heavy atom. The summed E-state index contributed by atoms with van der Waals surface area (Å²) < 4.78 is 27.8. The van der Waals surface area contributed by atoms with Crippen LogP contribution in [0.15, 0.2) is 83.8 Å². The minimum Gasteiger partial charge on any atom is -0.326 e. The summed E-state index contributed by atoms with van der Waals surface area (Å²) in [6.07, 6.45) is 1.53. The van der Waals surface area contributed by atoms with Gasteiger partial charge in [0.1, 0.15) is 0 Å². The second-order valence-electron chi connectivity index (χ2n) is 8.53. The van der Waals surface area contributed by atoms with Crippen LogP contribution >= 0.6 is 0 Å². The molecule has 3 aromatic carbocycles. The lowest BCUT2D eigenvalue weighted by Gasteiger charge is -2.20. The van der Waals surface area contributed by atoms with Gasteiger partial charge in [-0.15, -0.1) is 0 Å². The van der Waals surface area contributed by atoms with E-state index in [9.17, 15) is 18.0 Å². The molecule has 0 aromatic heterocycles. The SMILES string of the molecule is CCc1ccccc1N1CC(C(=O)Nc2ccc(S(=O)(=O)NCCc3ccccc3)cc2)CC1=O. The number of anilines is 2. The van der Waals surface area contributed by atoms with E-state index in [-0.39, 0.29) is 29.7 Å². The summed E-state index contributed by atoms with van der Waals surface area (Å²) in [6, 6.07) is 23.4. The van der Waals surface area contributed by atoms with E-state index in [0.29, 0.717) is 18.7 Å². The second-order valence-corrected chi connectivity index (χ2v) is 10.3. The van der Waals surface area contributed by atoms with Crippen LogP contribution in [0.2, 0.25) is 0 Å². The monoisotopic (exact) mass is 491 g/mol. The van der Waals surface area contributed by atoms with Gasteiger partial charge in [-0.2, -0.15) is 0 Å². The first-order valence-electron chi connectivity index (χ1n) is 11.7. The molecule has 0 radical (unpaired) electrons. The predicted molar refractivity (Wildman–Crippen MR) is 137 cm³/mol. The van der Waals surface area contributed by atoms with Crippen LogP contribution in [0.5, 0.6) is 0 Å². The Hall–Kier alpha value is -3.49. The fraction of sp³-hybridized carbons (Fsp3) is 0.259. The minimum absolute atomic E-state index is 0.0749. The van der Waals surface area contributed by atoms with Crippen LogP contribution in [0, 0.1) is 5.92 Å². The minimum atomic E-state index is -3.66. The number of nitrogens with one attached hydrogen (secondary N) is 2. The highest BCUT2D eigenvalue weighted by Crippen LogP contribution is 2.29. The molecular formula is C27H29N3O4S. The van der Waals surface area contributed by atoms with Crippen molar-refractivity contribution in [1.82, 2.24) is 4.72 Å². The van der Waals surface area contributed by atoms with Gasteiger partial charge >= 0.3 is 0 Å². The van der Waals surface area contributed by atoms with Gasteiger partial charge in [0.15, 0.2) is 0 Å². The number of sulfonamides is 1. The molecule has 0 bridgehead atoms. The molecule has 1 atom stereocenters. The molecular weight excluding hydrogens is 462 g/mol. The quantitative estimate of drug-likeness (QED) is 0.476. The lowest BCUT2D eigenvalue weighted by atomic mass is 10.1. The predicted octanol–water partition coefficient (Wildman–Crippen LogP) is 3.76. The highest BCUT2D eigenvalue weighted by atomic mass is 32.2. The molecule has 1 unspecified atom stereocenters. The van der Waals surface area contributed by atoms with Crippen molar-refractivity contribution in [2.75, 3.05) is 23.3 Å². The van der Waals surface area contributed by atoms with Crippen molar-refractivity contribution >= 4 is 33.2 Å². The molecule has 1 aliphatic rings. The van der Waals surface area contributed by atoms with Gasteiger partial charge < -0.3 is 10.2 Å². The van der Waals surface area contributed by atoms with Gasteiger partial charge in [0.2, 0.25) is 21.8 Å². The van der Waals surface area contributed by atoms with E-state index in [4.69, 9.17) is 0 Å². The van der Waals surface area contributed by atoms with Crippen LogP contribution in [-0.4, -0.2) is 33.3 Å². The van der Waals surface area contributed by atoms with Crippen LogP contribution < -0.4 is 14.9 Å². The zero-order valence-electron chi connectivity index (χ0n) is 19.6. The zero-order valence-corrected chi connectivity index (χ0v) is 20.4. The summed E-state index contributed by atoms with van der Waals surface area (Å²) in [6.45, 7) is 2.64. The standard InChI is InChI=1S/C27H29N3O4S/c1-2-21-10-6-7-11-25(21)30-19-22(18-26(30)31)27(32)29-23-12-14-24(15-13-23)35(33,34)28-17-16-20-8-4-3-5-9-20/h3-15,22,28H,2,16-19H2,1H3,(H,29,32). The molecule has 2 amide bonds.